The molecular weight excluding hydrogens is 226 g/mol. The van der Waals surface area contributed by atoms with Crippen LogP contribution in [0.25, 0.3) is 10.9 Å². The third-order valence-electron chi connectivity index (χ3n) is 3.47. The third-order valence-corrected chi connectivity index (χ3v) is 3.47. The molecule has 4 nitrogen and oxygen atoms in total. The molecule has 1 aliphatic rings. The Morgan fingerprint density at radius 2 is 2.11 bits per heavy atom. The van der Waals surface area contributed by atoms with E-state index < -0.39 is 0 Å². The summed E-state index contributed by atoms with van der Waals surface area (Å²) >= 11 is 0. The number of aryl methyl sites for hydroxylation is 1. The molecular formula is C14H13N3O. The number of carbonyl (C=O) groups is 1. The number of amides is 1. The number of aromatic nitrogens is 1. The fourth-order valence-corrected chi connectivity index (χ4v) is 2.52. The molecule has 0 spiro atoms. The number of benzene rings is 1. The van der Waals surface area contributed by atoms with Crippen molar-refractivity contribution >= 4 is 16.8 Å². The second-order valence-electron chi connectivity index (χ2n) is 4.65. The van der Waals surface area contributed by atoms with Crippen molar-refractivity contribution in [2.24, 2.45) is 0 Å². The fourth-order valence-electron chi connectivity index (χ4n) is 2.52. The standard InChI is InChI=1S/C14H13N3O/c1-16-5-2-6-17-12-4-3-10(9-15)7-11(12)8-13(17)14(16)18/h3-4,7-8H,2,5-6H2,1H3. The molecule has 90 valence electrons. The molecule has 4 heteroatoms. The first kappa shape index (κ1) is 10.8. The van der Waals surface area contributed by atoms with Crippen LogP contribution < -0.4 is 0 Å². The molecule has 18 heavy (non-hydrogen) atoms. The van der Waals surface area contributed by atoms with Crippen LogP contribution in [-0.4, -0.2) is 29.0 Å². The Bertz CT molecular complexity index is 678. The topological polar surface area (TPSA) is 49.0 Å². The van der Waals surface area contributed by atoms with Crippen LogP contribution in [0.5, 0.6) is 0 Å². The van der Waals surface area contributed by atoms with Gasteiger partial charge in [0.1, 0.15) is 5.69 Å². The number of carbonyl (C=O) groups excluding carboxylic acids is 1. The van der Waals surface area contributed by atoms with Crippen molar-refractivity contribution in [2.45, 2.75) is 13.0 Å². The summed E-state index contributed by atoms with van der Waals surface area (Å²) in [6.45, 7) is 1.64. The molecule has 1 aromatic carbocycles. The van der Waals surface area contributed by atoms with Crippen molar-refractivity contribution in [3.05, 3.63) is 35.5 Å². The number of nitriles is 1. The van der Waals surface area contributed by atoms with Crippen molar-refractivity contribution < 1.29 is 4.79 Å². The molecule has 0 saturated carbocycles. The highest BCUT2D eigenvalue weighted by molar-refractivity contribution is 5.99. The Morgan fingerprint density at radius 1 is 1.28 bits per heavy atom. The van der Waals surface area contributed by atoms with E-state index in [1.807, 2.05) is 25.2 Å². The maximum atomic E-state index is 12.2. The number of fused-ring (bicyclic) bond motifs is 3. The lowest BCUT2D eigenvalue weighted by Crippen LogP contribution is -2.26. The zero-order valence-electron chi connectivity index (χ0n) is 10.2. The Kier molecular flexibility index (Phi) is 2.34. The summed E-state index contributed by atoms with van der Waals surface area (Å²) in [7, 11) is 1.83. The van der Waals surface area contributed by atoms with E-state index in [9.17, 15) is 4.79 Å². The summed E-state index contributed by atoms with van der Waals surface area (Å²) in [5.41, 5.74) is 2.39. The van der Waals surface area contributed by atoms with E-state index in [0.717, 1.165) is 36.1 Å². The van der Waals surface area contributed by atoms with Crippen molar-refractivity contribution in [1.82, 2.24) is 9.47 Å². The van der Waals surface area contributed by atoms with Gasteiger partial charge in [0, 0.05) is 31.0 Å². The van der Waals surface area contributed by atoms with Crippen molar-refractivity contribution in [3.8, 4) is 6.07 Å². The van der Waals surface area contributed by atoms with Gasteiger partial charge in [-0.3, -0.25) is 4.79 Å². The number of hydrogen-bond donors (Lipinski definition) is 0. The maximum Gasteiger partial charge on any atom is 0.270 e. The normalized spacial score (nSPS) is 15.3. The summed E-state index contributed by atoms with van der Waals surface area (Å²) in [6.07, 6.45) is 0.957. The SMILES string of the molecule is CN1CCCn2c(cc3cc(C#N)ccc32)C1=O. The Morgan fingerprint density at radius 3 is 2.89 bits per heavy atom. The maximum absolute atomic E-state index is 12.2. The number of nitrogens with zero attached hydrogens (tertiary/aromatic N) is 3. The minimum absolute atomic E-state index is 0.0576. The minimum atomic E-state index is 0.0576. The van der Waals surface area contributed by atoms with Crippen LogP contribution in [0.15, 0.2) is 24.3 Å². The molecule has 1 aliphatic heterocycles. The van der Waals surface area contributed by atoms with Gasteiger partial charge < -0.3 is 9.47 Å². The van der Waals surface area contributed by atoms with Gasteiger partial charge in [-0.1, -0.05) is 0 Å². The van der Waals surface area contributed by atoms with Gasteiger partial charge in [-0.25, -0.2) is 0 Å². The fraction of sp³-hybridized carbons (Fsp3) is 0.286. The monoisotopic (exact) mass is 239 g/mol. The molecule has 0 saturated heterocycles. The second kappa shape index (κ2) is 3.88. The van der Waals surface area contributed by atoms with E-state index in [2.05, 4.69) is 10.6 Å². The average Bonchev–Trinajstić information content (AvgIpc) is 2.69. The molecule has 0 fully saturated rings. The molecule has 2 aromatic rings. The van der Waals surface area contributed by atoms with E-state index in [0.29, 0.717) is 5.56 Å². The van der Waals surface area contributed by atoms with Crippen LogP contribution in [-0.2, 0) is 6.54 Å². The van der Waals surface area contributed by atoms with Gasteiger partial charge in [-0.2, -0.15) is 5.26 Å². The lowest BCUT2D eigenvalue weighted by atomic mass is 10.2. The van der Waals surface area contributed by atoms with E-state index >= 15 is 0 Å². The van der Waals surface area contributed by atoms with Gasteiger partial charge in [0.25, 0.3) is 5.91 Å². The van der Waals surface area contributed by atoms with Gasteiger partial charge in [0.05, 0.1) is 11.6 Å². The van der Waals surface area contributed by atoms with Gasteiger partial charge in [0.2, 0.25) is 0 Å². The second-order valence-corrected chi connectivity index (χ2v) is 4.65. The van der Waals surface area contributed by atoms with Crippen LogP contribution in [0.1, 0.15) is 22.5 Å². The summed E-state index contributed by atoms with van der Waals surface area (Å²) in [6, 6.07) is 9.58. The summed E-state index contributed by atoms with van der Waals surface area (Å²) in [5.74, 6) is 0.0576. The lowest BCUT2D eigenvalue weighted by Gasteiger charge is -2.12. The predicted octanol–water partition coefficient (Wildman–Crippen LogP) is 1.99. The first-order valence-corrected chi connectivity index (χ1v) is 5.99. The Hall–Kier alpha value is -2.28. The molecule has 3 rings (SSSR count). The van der Waals surface area contributed by atoms with Crippen molar-refractivity contribution in [1.29, 1.82) is 5.26 Å². The van der Waals surface area contributed by atoms with E-state index in [1.54, 1.807) is 11.0 Å². The summed E-state index contributed by atoms with van der Waals surface area (Å²) < 4.78 is 2.06. The van der Waals surface area contributed by atoms with Crippen LogP contribution >= 0.6 is 0 Å². The average molecular weight is 239 g/mol. The van der Waals surface area contributed by atoms with E-state index in [4.69, 9.17) is 5.26 Å². The van der Waals surface area contributed by atoms with Crippen LogP contribution in [0.2, 0.25) is 0 Å². The van der Waals surface area contributed by atoms with Crippen molar-refractivity contribution in [2.75, 3.05) is 13.6 Å². The zero-order chi connectivity index (χ0) is 12.7. The molecule has 0 atom stereocenters. The molecule has 1 amide bonds. The molecule has 0 aliphatic carbocycles. The minimum Gasteiger partial charge on any atom is -0.340 e. The van der Waals surface area contributed by atoms with Gasteiger partial charge in [-0.15, -0.1) is 0 Å². The van der Waals surface area contributed by atoms with Gasteiger partial charge in [-0.05, 0) is 30.7 Å². The highest BCUT2D eigenvalue weighted by Crippen LogP contribution is 2.24. The highest BCUT2D eigenvalue weighted by Gasteiger charge is 2.21. The van der Waals surface area contributed by atoms with Crippen LogP contribution in [0.3, 0.4) is 0 Å². The van der Waals surface area contributed by atoms with Crippen LogP contribution in [0, 0.1) is 11.3 Å². The molecule has 0 unspecified atom stereocenters. The first-order chi connectivity index (χ1) is 8.70. The van der Waals surface area contributed by atoms with E-state index in [-0.39, 0.29) is 5.91 Å². The van der Waals surface area contributed by atoms with E-state index in [1.165, 1.54) is 0 Å². The predicted molar refractivity (Wildman–Crippen MR) is 68.2 cm³/mol. The first-order valence-electron chi connectivity index (χ1n) is 5.99. The Balaban J connectivity index is 2.25. The molecule has 2 heterocycles. The van der Waals surface area contributed by atoms with Crippen molar-refractivity contribution in [3.63, 3.8) is 0 Å². The third kappa shape index (κ3) is 1.48. The zero-order valence-corrected chi connectivity index (χ0v) is 10.2. The molecule has 0 radical (unpaired) electrons. The molecule has 0 N–H and O–H groups in total. The smallest absolute Gasteiger partial charge is 0.270 e. The number of hydrogen-bond acceptors (Lipinski definition) is 2. The van der Waals surface area contributed by atoms with Gasteiger partial charge >= 0.3 is 0 Å². The quantitative estimate of drug-likeness (QED) is 0.706. The Labute approximate surface area is 105 Å². The summed E-state index contributed by atoms with van der Waals surface area (Å²) in [4.78, 5) is 14.0. The largest absolute Gasteiger partial charge is 0.340 e. The molecule has 1 aromatic heterocycles. The summed E-state index contributed by atoms with van der Waals surface area (Å²) in [5, 5.41) is 9.87. The number of rotatable bonds is 0. The molecule has 0 bridgehead atoms. The van der Waals surface area contributed by atoms with Crippen LogP contribution in [0.4, 0.5) is 0 Å². The lowest BCUT2D eigenvalue weighted by molar-refractivity contribution is 0.0797. The highest BCUT2D eigenvalue weighted by atomic mass is 16.2. The van der Waals surface area contributed by atoms with Gasteiger partial charge in [0.15, 0.2) is 0 Å².